The van der Waals surface area contributed by atoms with E-state index in [9.17, 15) is 9.90 Å². The molecule has 0 saturated carbocycles. The molecular formula is C22H23NO6S2. The zero-order valence-electron chi connectivity index (χ0n) is 17.6. The number of rotatable bonds is 8. The molecule has 1 aliphatic heterocycles. The highest BCUT2D eigenvalue weighted by molar-refractivity contribution is 8.26. The van der Waals surface area contributed by atoms with E-state index in [0.29, 0.717) is 39.3 Å². The van der Waals surface area contributed by atoms with Gasteiger partial charge in [-0.25, -0.2) is 0 Å². The van der Waals surface area contributed by atoms with Gasteiger partial charge in [-0.1, -0.05) is 30.0 Å². The minimum atomic E-state index is -0.165. The lowest BCUT2D eigenvalue weighted by Crippen LogP contribution is -2.30. The summed E-state index contributed by atoms with van der Waals surface area (Å²) in [5.74, 6) is 1.55. The van der Waals surface area contributed by atoms with Crippen LogP contribution in [-0.4, -0.2) is 55.2 Å². The number of ether oxygens (including phenoxy) is 4. The van der Waals surface area contributed by atoms with Crippen molar-refractivity contribution in [1.82, 2.24) is 4.90 Å². The molecule has 3 rings (SSSR count). The van der Waals surface area contributed by atoms with Gasteiger partial charge in [0.05, 0.1) is 33.3 Å². The Morgan fingerprint density at radius 1 is 0.968 bits per heavy atom. The van der Waals surface area contributed by atoms with Gasteiger partial charge < -0.3 is 24.1 Å². The van der Waals surface area contributed by atoms with E-state index < -0.39 is 0 Å². The predicted molar refractivity (Wildman–Crippen MR) is 124 cm³/mol. The van der Waals surface area contributed by atoms with Crippen molar-refractivity contribution in [2.75, 3.05) is 35.0 Å². The van der Waals surface area contributed by atoms with Crippen molar-refractivity contribution in [3.63, 3.8) is 0 Å². The average molecular weight is 462 g/mol. The Morgan fingerprint density at radius 3 is 2.16 bits per heavy atom. The first kappa shape index (κ1) is 22.8. The van der Waals surface area contributed by atoms with Crippen LogP contribution in [0.4, 0.5) is 0 Å². The Kier molecular flexibility index (Phi) is 7.29. The van der Waals surface area contributed by atoms with Crippen LogP contribution in [-0.2, 0) is 11.2 Å². The minimum Gasteiger partial charge on any atom is -0.502 e. The SMILES string of the molecule is COc1ccc(CCN2C(=O)/C(=C/c3cc(OC)c(O)c(OC)c3)SC2=S)cc1OC. The van der Waals surface area contributed by atoms with Crippen LogP contribution in [0.1, 0.15) is 11.1 Å². The van der Waals surface area contributed by atoms with Crippen molar-refractivity contribution in [2.24, 2.45) is 0 Å². The van der Waals surface area contributed by atoms with Crippen LogP contribution in [0.3, 0.4) is 0 Å². The topological polar surface area (TPSA) is 77.5 Å². The first-order valence-corrected chi connectivity index (χ1v) is 10.6. The van der Waals surface area contributed by atoms with Gasteiger partial charge in [-0.2, -0.15) is 0 Å². The molecule has 1 fully saturated rings. The second-order valence-corrected chi connectivity index (χ2v) is 8.22. The number of nitrogens with zero attached hydrogens (tertiary/aromatic N) is 1. The Morgan fingerprint density at radius 2 is 1.58 bits per heavy atom. The molecule has 1 amide bonds. The maximum Gasteiger partial charge on any atom is 0.266 e. The van der Waals surface area contributed by atoms with Crippen LogP contribution in [0.25, 0.3) is 6.08 Å². The standard InChI is InChI=1S/C22H23NO6S2/c1-26-15-6-5-13(9-16(15)27-2)7-8-23-21(25)19(31-22(23)30)12-14-10-17(28-3)20(24)18(11-14)29-4/h5-6,9-12,24H,7-8H2,1-4H3/b19-12-. The van der Waals surface area contributed by atoms with Crippen LogP contribution in [0.2, 0.25) is 0 Å². The predicted octanol–water partition coefficient (Wildman–Crippen LogP) is 3.87. The molecule has 164 valence electrons. The number of methoxy groups -OCH3 is 4. The van der Waals surface area contributed by atoms with Gasteiger partial charge in [-0.15, -0.1) is 0 Å². The van der Waals surface area contributed by atoms with Gasteiger partial charge in [-0.3, -0.25) is 9.69 Å². The second-order valence-electron chi connectivity index (χ2n) is 6.55. The summed E-state index contributed by atoms with van der Waals surface area (Å²) < 4.78 is 21.4. The van der Waals surface area contributed by atoms with Gasteiger partial charge in [0.1, 0.15) is 4.32 Å². The molecule has 0 aliphatic carbocycles. The summed E-state index contributed by atoms with van der Waals surface area (Å²) >= 11 is 6.66. The third-order valence-corrected chi connectivity index (χ3v) is 6.12. The largest absolute Gasteiger partial charge is 0.502 e. The number of carbonyl (C=O) groups is 1. The lowest BCUT2D eigenvalue weighted by atomic mass is 10.1. The average Bonchev–Trinajstić information content (AvgIpc) is 3.05. The van der Waals surface area contributed by atoms with Gasteiger partial charge >= 0.3 is 0 Å². The van der Waals surface area contributed by atoms with Crippen molar-refractivity contribution in [1.29, 1.82) is 0 Å². The molecule has 0 radical (unpaired) electrons. The Labute approximate surface area is 190 Å². The first-order chi connectivity index (χ1) is 14.9. The van der Waals surface area contributed by atoms with Gasteiger partial charge in [0.25, 0.3) is 5.91 Å². The van der Waals surface area contributed by atoms with Gasteiger partial charge in [0.2, 0.25) is 5.75 Å². The second kappa shape index (κ2) is 9.93. The maximum absolute atomic E-state index is 12.9. The highest BCUT2D eigenvalue weighted by Crippen LogP contribution is 2.39. The smallest absolute Gasteiger partial charge is 0.266 e. The van der Waals surface area contributed by atoms with E-state index in [-0.39, 0.29) is 23.2 Å². The fourth-order valence-corrected chi connectivity index (χ4v) is 4.43. The molecule has 1 saturated heterocycles. The highest BCUT2D eigenvalue weighted by atomic mass is 32.2. The van der Waals surface area contributed by atoms with Crippen LogP contribution in [0.15, 0.2) is 35.2 Å². The molecule has 2 aromatic rings. The normalized spacial score (nSPS) is 14.8. The van der Waals surface area contributed by atoms with E-state index in [0.717, 1.165) is 5.56 Å². The van der Waals surface area contributed by atoms with E-state index in [1.807, 2.05) is 18.2 Å². The van der Waals surface area contributed by atoms with Crippen molar-refractivity contribution in [2.45, 2.75) is 6.42 Å². The third-order valence-electron chi connectivity index (χ3n) is 4.75. The molecule has 0 unspecified atom stereocenters. The van der Waals surface area contributed by atoms with Gasteiger partial charge in [-0.05, 0) is 47.9 Å². The van der Waals surface area contributed by atoms with E-state index in [4.69, 9.17) is 31.2 Å². The number of benzene rings is 2. The van der Waals surface area contributed by atoms with Gasteiger partial charge in [0.15, 0.2) is 23.0 Å². The van der Waals surface area contributed by atoms with Crippen LogP contribution < -0.4 is 18.9 Å². The summed E-state index contributed by atoms with van der Waals surface area (Å²) in [6.07, 6.45) is 2.32. The Bertz CT molecular complexity index is 1010. The molecule has 2 aromatic carbocycles. The fraction of sp³-hybridized carbons (Fsp3) is 0.273. The lowest BCUT2D eigenvalue weighted by Gasteiger charge is -2.15. The maximum atomic E-state index is 12.9. The molecule has 1 N–H and O–H groups in total. The summed E-state index contributed by atoms with van der Waals surface area (Å²) in [6.45, 7) is 0.444. The summed E-state index contributed by atoms with van der Waals surface area (Å²) in [5.41, 5.74) is 1.66. The highest BCUT2D eigenvalue weighted by Gasteiger charge is 2.31. The lowest BCUT2D eigenvalue weighted by molar-refractivity contribution is -0.122. The number of aromatic hydroxyl groups is 1. The third kappa shape index (κ3) is 4.88. The minimum absolute atomic E-state index is 0.0929. The van der Waals surface area contributed by atoms with Crippen LogP contribution >= 0.6 is 24.0 Å². The zero-order valence-corrected chi connectivity index (χ0v) is 19.3. The number of hydrogen-bond acceptors (Lipinski definition) is 8. The molecule has 0 atom stereocenters. The van der Waals surface area contributed by atoms with Crippen molar-refractivity contribution < 1.29 is 28.8 Å². The molecular weight excluding hydrogens is 438 g/mol. The Hall–Kier alpha value is -2.91. The number of phenols is 1. The van der Waals surface area contributed by atoms with Crippen molar-refractivity contribution >= 4 is 40.3 Å². The van der Waals surface area contributed by atoms with E-state index in [2.05, 4.69) is 0 Å². The van der Waals surface area contributed by atoms with E-state index in [1.54, 1.807) is 37.3 Å². The molecule has 31 heavy (non-hydrogen) atoms. The molecule has 0 bridgehead atoms. The Balaban J connectivity index is 1.77. The summed E-state index contributed by atoms with van der Waals surface area (Å²) in [5, 5.41) is 10.1. The molecule has 7 nitrogen and oxygen atoms in total. The summed E-state index contributed by atoms with van der Waals surface area (Å²) in [6, 6.07) is 8.93. The van der Waals surface area contributed by atoms with Crippen molar-refractivity contribution in [3.8, 4) is 28.7 Å². The number of hydrogen-bond donors (Lipinski definition) is 1. The van der Waals surface area contributed by atoms with Crippen LogP contribution in [0, 0.1) is 0 Å². The number of thioether (sulfide) groups is 1. The first-order valence-electron chi connectivity index (χ1n) is 9.33. The zero-order chi connectivity index (χ0) is 22.5. The number of carbonyl (C=O) groups excluding carboxylic acids is 1. The fourth-order valence-electron chi connectivity index (χ4n) is 3.12. The quantitative estimate of drug-likeness (QED) is 0.469. The monoisotopic (exact) mass is 461 g/mol. The summed E-state index contributed by atoms with van der Waals surface area (Å²) in [7, 11) is 6.07. The molecule has 9 heteroatoms. The van der Waals surface area contributed by atoms with Crippen LogP contribution in [0.5, 0.6) is 28.7 Å². The van der Waals surface area contributed by atoms with Crippen molar-refractivity contribution in [3.05, 3.63) is 46.4 Å². The molecule has 0 spiro atoms. The van der Waals surface area contributed by atoms with Gasteiger partial charge in [0, 0.05) is 6.54 Å². The summed E-state index contributed by atoms with van der Waals surface area (Å²) in [4.78, 5) is 15.0. The number of phenolic OH excluding ortho intramolecular Hbond substituents is 1. The van der Waals surface area contributed by atoms with E-state index in [1.165, 1.54) is 26.0 Å². The van der Waals surface area contributed by atoms with E-state index >= 15 is 0 Å². The molecule has 1 aliphatic rings. The number of amides is 1. The molecule has 0 aromatic heterocycles. The number of thiocarbonyl (C=S) groups is 1. The molecule has 1 heterocycles.